The third kappa shape index (κ3) is 3.64. The van der Waals surface area contributed by atoms with Crippen LogP contribution in [0.2, 0.25) is 0 Å². The van der Waals surface area contributed by atoms with E-state index in [0.29, 0.717) is 17.2 Å². The second-order valence-corrected chi connectivity index (χ2v) is 9.09. The van der Waals surface area contributed by atoms with Crippen molar-refractivity contribution in [1.29, 1.82) is 0 Å². The van der Waals surface area contributed by atoms with Gasteiger partial charge in [-0.1, -0.05) is 6.07 Å². The fourth-order valence-corrected chi connectivity index (χ4v) is 4.84. The predicted molar refractivity (Wildman–Crippen MR) is 124 cm³/mol. The highest BCUT2D eigenvalue weighted by molar-refractivity contribution is 5.95. The number of rotatable bonds is 5. The Morgan fingerprint density at radius 3 is 2.91 bits per heavy atom. The summed E-state index contributed by atoms with van der Waals surface area (Å²) >= 11 is 0. The Morgan fingerprint density at radius 2 is 2.12 bits per heavy atom. The Bertz CT molecular complexity index is 1260. The van der Waals surface area contributed by atoms with E-state index < -0.39 is 0 Å². The number of aromatic amines is 1. The minimum absolute atomic E-state index is 0.0557. The molecule has 3 aromatic heterocycles. The van der Waals surface area contributed by atoms with Crippen molar-refractivity contribution in [3.63, 3.8) is 0 Å². The maximum absolute atomic E-state index is 13.3. The first kappa shape index (κ1) is 20.3. The number of amides is 1. The molecule has 1 amide bonds. The zero-order valence-electron chi connectivity index (χ0n) is 18.6. The van der Waals surface area contributed by atoms with Crippen LogP contribution in [0.15, 0.2) is 61.1 Å². The van der Waals surface area contributed by atoms with Crippen LogP contribution >= 0.6 is 0 Å². The van der Waals surface area contributed by atoms with Crippen LogP contribution in [0.3, 0.4) is 0 Å². The van der Waals surface area contributed by atoms with Crippen LogP contribution in [0.5, 0.6) is 5.75 Å². The number of ether oxygens (including phenoxy) is 1. The van der Waals surface area contributed by atoms with Gasteiger partial charge in [0.1, 0.15) is 5.75 Å². The third-order valence-electron chi connectivity index (χ3n) is 6.39. The summed E-state index contributed by atoms with van der Waals surface area (Å²) in [6.07, 6.45) is 6.67. The highest BCUT2D eigenvalue weighted by atomic mass is 16.5. The zero-order chi connectivity index (χ0) is 22.3. The van der Waals surface area contributed by atoms with Gasteiger partial charge in [-0.25, -0.2) is 4.98 Å². The van der Waals surface area contributed by atoms with Gasteiger partial charge in [-0.3, -0.25) is 9.89 Å². The molecule has 1 saturated heterocycles. The van der Waals surface area contributed by atoms with Crippen molar-refractivity contribution < 1.29 is 9.53 Å². The molecule has 4 aromatic rings. The van der Waals surface area contributed by atoms with Gasteiger partial charge in [-0.2, -0.15) is 5.10 Å². The van der Waals surface area contributed by atoms with Gasteiger partial charge < -0.3 is 14.2 Å². The summed E-state index contributed by atoms with van der Waals surface area (Å²) in [5.41, 5.74) is 4.41. The van der Waals surface area contributed by atoms with Crippen molar-refractivity contribution in [2.24, 2.45) is 5.92 Å². The van der Waals surface area contributed by atoms with E-state index >= 15 is 0 Å². The number of aromatic nitrogens is 4. The number of fused-ring (bicyclic) bond motifs is 1. The molecule has 1 aromatic carbocycles. The van der Waals surface area contributed by atoms with Crippen molar-refractivity contribution in [2.45, 2.75) is 32.4 Å². The fraction of sp³-hybridized carbons (Fsp3) is 0.320. The van der Waals surface area contributed by atoms with E-state index in [9.17, 15) is 4.79 Å². The number of nitrogens with one attached hydrogen (secondary N) is 1. The van der Waals surface area contributed by atoms with Crippen molar-refractivity contribution in [2.75, 3.05) is 13.7 Å². The van der Waals surface area contributed by atoms with Crippen LogP contribution in [0.1, 0.15) is 30.6 Å². The fourth-order valence-electron chi connectivity index (χ4n) is 4.84. The molecular weight excluding hydrogens is 402 g/mol. The molecule has 0 bridgehead atoms. The molecule has 0 saturated carbocycles. The lowest BCUT2D eigenvalue weighted by Gasteiger charge is -2.31. The molecule has 4 heterocycles. The predicted octanol–water partition coefficient (Wildman–Crippen LogP) is 4.38. The first-order chi connectivity index (χ1) is 15.4. The Kier molecular flexibility index (Phi) is 4.96. The summed E-state index contributed by atoms with van der Waals surface area (Å²) in [7, 11) is 1.62. The van der Waals surface area contributed by atoms with Crippen LogP contribution < -0.4 is 4.74 Å². The summed E-state index contributed by atoms with van der Waals surface area (Å²) in [5.74, 6) is 1.12. The monoisotopic (exact) mass is 429 g/mol. The van der Waals surface area contributed by atoms with Crippen LogP contribution in [-0.4, -0.2) is 49.7 Å². The van der Waals surface area contributed by atoms with E-state index in [1.807, 2.05) is 41.4 Å². The number of hydrogen-bond acceptors (Lipinski definition) is 4. The van der Waals surface area contributed by atoms with E-state index in [1.54, 1.807) is 13.3 Å². The van der Waals surface area contributed by atoms with Gasteiger partial charge in [-0.15, -0.1) is 0 Å². The van der Waals surface area contributed by atoms with E-state index in [1.165, 1.54) is 0 Å². The maximum Gasteiger partial charge on any atom is 0.254 e. The smallest absolute Gasteiger partial charge is 0.254 e. The Hall–Kier alpha value is -3.61. The van der Waals surface area contributed by atoms with Gasteiger partial charge in [0.05, 0.1) is 30.0 Å². The molecule has 0 spiro atoms. The molecule has 1 atom stereocenters. The Labute approximate surface area is 187 Å². The molecule has 32 heavy (non-hydrogen) atoms. The maximum atomic E-state index is 13.3. The minimum Gasteiger partial charge on any atom is -0.497 e. The molecule has 1 unspecified atom stereocenters. The van der Waals surface area contributed by atoms with Crippen molar-refractivity contribution in [3.8, 4) is 17.0 Å². The number of carbonyl (C=O) groups excluding carboxylic acids is 1. The quantitative estimate of drug-likeness (QED) is 0.511. The third-order valence-corrected chi connectivity index (χ3v) is 6.39. The minimum atomic E-state index is -0.208. The molecule has 5 rings (SSSR count). The molecule has 0 radical (unpaired) electrons. The molecule has 0 aliphatic carbocycles. The van der Waals surface area contributed by atoms with Crippen LogP contribution in [0, 0.1) is 5.92 Å². The lowest BCUT2D eigenvalue weighted by Crippen LogP contribution is -2.42. The second kappa shape index (κ2) is 7.82. The number of likely N-dealkylation sites (tertiary alicyclic amines) is 1. The van der Waals surface area contributed by atoms with E-state index in [0.717, 1.165) is 41.8 Å². The highest BCUT2D eigenvalue weighted by Gasteiger charge is 2.41. The zero-order valence-corrected chi connectivity index (χ0v) is 18.6. The topological polar surface area (TPSA) is 76.0 Å². The molecule has 1 fully saturated rings. The SMILES string of the molecule is COc1cccc(C(=O)N2CC(Cn3ccc4nc(-c5cn[nH]c5)ccc43)CC2(C)C)c1. The van der Waals surface area contributed by atoms with E-state index in [4.69, 9.17) is 9.72 Å². The number of methoxy groups -OCH3 is 1. The van der Waals surface area contributed by atoms with Gasteiger partial charge in [0.15, 0.2) is 0 Å². The summed E-state index contributed by atoms with van der Waals surface area (Å²) < 4.78 is 7.55. The average molecular weight is 430 g/mol. The van der Waals surface area contributed by atoms with Crippen LogP contribution in [0.25, 0.3) is 22.3 Å². The van der Waals surface area contributed by atoms with E-state index in [2.05, 4.69) is 46.9 Å². The van der Waals surface area contributed by atoms with E-state index in [-0.39, 0.29) is 11.4 Å². The van der Waals surface area contributed by atoms with Crippen molar-refractivity contribution in [1.82, 2.24) is 24.6 Å². The second-order valence-electron chi connectivity index (χ2n) is 9.09. The lowest BCUT2D eigenvalue weighted by atomic mass is 9.96. The van der Waals surface area contributed by atoms with Crippen LogP contribution in [0.4, 0.5) is 0 Å². The Morgan fingerprint density at radius 1 is 1.25 bits per heavy atom. The molecule has 1 N–H and O–H groups in total. The first-order valence-corrected chi connectivity index (χ1v) is 10.9. The summed E-state index contributed by atoms with van der Waals surface area (Å²) in [6.45, 7) is 5.87. The first-order valence-electron chi connectivity index (χ1n) is 10.9. The summed E-state index contributed by atoms with van der Waals surface area (Å²) in [4.78, 5) is 20.1. The average Bonchev–Trinajstić information content (AvgIpc) is 3.52. The molecule has 164 valence electrons. The number of nitrogens with zero attached hydrogens (tertiary/aromatic N) is 4. The van der Waals surface area contributed by atoms with Gasteiger partial charge in [0, 0.05) is 42.1 Å². The molecular formula is C25H27N5O2. The van der Waals surface area contributed by atoms with Crippen molar-refractivity contribution in [3.05, 3.63) is 66.6 Å². The molecule has 7 nitrogen and oxygen atoms in total. The van der Waals surface area contributed by atoms with Crippen LogP contribution in [-0.2, 0) is 6.54 Å². The van der Waals surface area contributed by atoms with Gasteiger partial charge in [0.2, 0.25) is 0 Å². The normalized spacial score (nSPS) is 17.7. The number of H-pyrrole nitrogens is 1. The molecule has 1 aliphatic heterocycles. The summed E-state index contributed by atoms with van der Waals surface area (Å²) in [6, 6.07) is 13.6. The highest BCUT2D eigenvalue weighted by Crippen LogP contribution is 2.35. The Balaban J connectivity index is 1.35. The standard InChI is InChI=1S/C25H27N5O2/c1-25(2)12-17(16-30(25)24(31)18-5-4-6-20(11-18)32-3)15-29-10-9-22-23(29)8-7-21(28-22)19-13-26-27-14-19/h4-11,13-14,17H,12,15-16H2,1-3H3,(H,26,27). The number of pyridine rings is 1. The number of benzene rings is 1. The van der Waals surface area contributed by atoms with Crippen molar-refractivity contribution >= 4 is 16.9 Å². The van der Waals surface area contributed by atoms with Gasteiger partial charge >= 0.3 is 0 Å². The number of carbonyl (C=O) groups is 1. The number of hydrogen-bond donors (Lipinski definition) is 1. The van der Waals surface area contributed by atoms with Gasteiger partial charge in [0.25, 0.3) is 5.91 Å². The molecule has 1 aliphatic rings. The lowest BCUT2D eigenvalue weighted by molar-refractivity contribution is 0.0649. The summed E-state index contributed by atoms with van der Waals surface area (Å²) in [5, 5.41) is 6.84. The van der Waals surface area contributed by atoms with Gasteiger partial charge in [-0.05, 0) is 62.6 Å². The molecule has 7 heteroatoms. The largest absolute Gasteiger partial charge is 0.497 e.